The third-order valence-corrected chi connectivity index (χ3v) is 3.42. The van der Waals surface area contributed by atoms with Crippen molar-refractivity contribution in [3.8, 4) is 0 Å². The number of aryl methyl sites for hydroxylation is 2. The molecule has 1 N–H and O–H groups in total. The highest BCUT2D eigenvalue weighted by Gasteiger charge is 2.15. The number of halogens is 1. The van der Waals surface area contributed by atoms with Crippen LogP contribution < -0.4 is 5.32 Å². The monoisotopic (exact) mass is 257 g/mol. The molecule has 0 fully saturated rings. The second kappa shape index (κ2) is 5.98. The number of benzene rings is 2. The highest BCUT2D eigenvalue weighted by molar-refractivity contribution is 5.38. The fourth-order valence-electron chi connectivity index (χ4n) is 2.37. The Bertz CT molecular complexity index is 563. The van der Waals surface area contributed by atoms with E-state index in [-0.39, 0.29) is 11.9 Å². The van der Waals surface area contributed by atoms with Crippen LogP contribution >= 0.6 is 0 Å². The van der Waals surface area contributed by atoms with Crippen LogP contribution in [0.4, 0.5) is 4.39 Å². The van der Waals surface area contributed by atoms with Crippen LogP contribution in [-0.4, -0.2) is 6.54 Å². The van der Waals surface area contributed by atoms with E-state index in [1.165, 1.54) is 11.1 Å². The Hall–Kier alpha value is -1.67. The van der Waals surface area contributed by atoms with Crippen molar-refractivity contribution in [1.82, 2.24) is 5.32 Å². The Kier molecular flexibility index (Phi) is 4.33. The molecule has 0 saturated heterocycles. The van der Waals surface area contributed by atoms with Crippen molar-refractivity contribution in [2.45, 2.75) is 26.8 Å². The molecule has 2 aromatic rings. The van der Waals surface area contributed by atoms with Gasteiger partial charge in [-0.1, -0.05) is 43.3 Å². The average molecular weight is 257 g/mol. The van der Waals surface area contributed by atoms with Gasteiger partial charge in [0, 0.05) is 0 Å². The first-order chi connectivity index (χ1) is 9.13. The van der Waals surface area contributed by atoms with Gasteiger partial charge < -0.3 is 5.32 Å². The molecule has 0 radical (unpaired) electrons. The third-order valence-electron chi connectivity index (χ3n) is 3.42. The Morgan fingerprint density at radius 2 is 1.79 bits per heavy atom. The maximum atomic E-state index is 13.4. The molecule has 19 heavy (non-hydrogen) atoms. The fraction of sp³-hybridized carbons (Fsp3) is 0.294. The van der Waals surface area contributed by atoms with E-state index in [0.717, 1.165) is 12.1 Å². The van der Waals surface area contributed by atoms with E-state index in [9.17, 15) is 4.39 Å². The molecule has 0 spiro atoms. The zero-order chi connectivity index (χ0) is 13.8. The topological polar surface area (TPSA) is 12.0 Å². The summed E-state index contributed by atoms with van der Waals surface area (Å²) in [4.78, 5) is 0. The van der Waals surface area contributed by atoms with Gasteiger partial charge in [-0.25, -0.2) is 4.39 Å². The van der Waals surface area contributed by atoms with Gasteiger partial charge in [-0.2, -0.15) is 0 Å². The summed E-state index contributed by atoms with van der Waals surface area (Å²) < 4.78 is 13.4. The second-order valence-electron chi connectivity index (χ2n) is 4.86. The highest BCUT2D eigenvalue weighted by Crippen LogP contribution is 2.26. The average Bonchev–Trinajstić information content (AvgIpc) is 2.40. The van der Waals surface area contributed by atoms with Crippen LogP contribution in [0.15, 0.2) is 42.5 Å². The quantitative estimate of drug-likeness (QED) is 0.868. The minimum absolute atomic E-state index is 0.116. The van der Waals surface area contributed by atoms with E-state index in [2.05, 4.69) is 31.3 Å². The van der Waals surface area contributed by atoms with Crippen LogP contribution in [0.25, 0.3) is 0 Å². The fourth-order valence-corrected chi connectivity index (χ4v) is 2.37. The summed E-state index contributed by atoms with van der Waals surface area (Å²) in [5, 5.41) is 3.48. The smallest absolute Gasteiger partial charge is 0.126 e. The van der Waals surface area contributed by atoms with Crippen molar-refractivity contribution < 1.29 is 4.39 Å². The van der Waals surface area contributed by atoms with Crippen LogP contribution in [0.2, 0.25) is 0 Å². The molecule has 100 valence electrons. The Balaban J connectivity index is 2.45. The molecule has 0 bridgehead atoms. The van der Waals surface area contributed by atoms with E-state index in [1.54, 1.807) is 13.0 Å². The summed E-state index contributed by atoms with van der Waals surface area (Å²) in [5.74, 6) is -0.149. The van der Waals surface area contributed by atoms with E-state index in [4.69, 9.17) is 0 Å². The SMILES string of the molecule is CCNC(c1ccc(F)c(C)c1)c1ccccc1C. The lowest BCUT2D eigenvalue weighted by Gasteiger charge is -2.21. The molecular formula is C17H20FN. The predicted molar refractivity (Wildman–Crippen MR) is 77.8 cm³/mol. The molecule has 0 heterocycles. The first-order valence-electron chi connectivity index (χ1n) is 6.68. The van der Waals surface area contributed by atoms with Crippen LogP contribution in [0.5, 0.6) is 0 Å². The van der Waals surface area contributed by atoms with Crippen molar-refractivity contribution >= 4 is 0 Å². The van der Waals surface area contributed by atoms with Crippen LogP contribution in [0, 0.1) is 19.7 Å². The van der Waals surface area contributed by atoms with Gasteiger partial charge in [0.15, 0.2) is 0 Å². The minimum atomic E-state index is -0.149. The normalized spacial score (nSPS) is 12.4. The van der Waals surface area contributed by atoms with Gasteiger partial charge in [0.25, 0.3) is 0 Å². The van der Waals surface area contributed by atoms with Gasteiger partial charge in [0.05, 0.1) is 6.04 Å². The van der Waals surface area contributed by atoms with Crippen molar-refractivity contribution in [3.05, 3.63) is 70.5 Å². The van der Waals surface area contributed by atoms with Crippen molar-refractivity contribution in [3.63, 3.8) is 0 Å². The number of nitrogens with one attached hydrogen (secondary N) is 1. The molecule has 1 unspecified atom stereocenters. The first-order valence-corrected chi connectivity index (χ1v) is 6.68. The summed E-state index contributed by atoms with van der Waals surface area (Å²) in [6.07, 6.45) is 0. The number of hydrogen-bond acceptors (Lipinski definition) is 1. The van der Waals surface area contributed by atoms with Crippen molar-refractivity contribution in [2.75, 3.05) is 6.54 Å². The van der Waals surface area contributed by atoms with Crippen molar-refractivity contribution in [1.29, 1.82) is 0 Å². The maximum absolute atomic E-state index is 13.4. The Morgan fingerprint density at radius 1 is 1.05 bits per heavy atom. The number of rotatable bonds is 4. The first kappa shape index (κ1) is 13.8. The molecule has 0 aliphatic rings. The molecule has 0 saturated carbocycles. The van der Waals surface area contributed by atoms with Gasteiger partial charge in [-0.05, 0) is 48.7 Å². The van der Waals surface area contributed by atoms with Crippen LogP contribution in [-0.2, 0) is 0 Å². The summed E-state index contributed by atoms with van der Waals surface area (Å²) in [6.45, 7) is 6.87. The molecule has 1 atom stereocenters. The molecule has 2 aromatic carbocycles. The minimum Gasteiger partial charge on any atom is -0.307 e. The summed E-state index contributed by atoms with van der Waals surface area (Å²) >= 11 is 0. The molecule has 2 rings (SSSR count). The highest BCUT2D eigenvalue weighted by atomic mass is 19.1. The van der Waals surface area contributed by atoms with Gasteiger partial charge in [0.1, 0.15) is 5.82 Å². The van der Waals surface area contributed by atoms with Gasteiger partial charge in [-0.3, -0.25) is 0 Å². The van der Waals surface area contributed by atoms with E-state index >= 15 is 0 Å². The molecule has 0 aliphatic carbocycles. The van der Waals surface area contributed by atoms with E-state index in [1.807, 2.05) is 24.3 Å². The molecule has 2 heteroatoms. The standard InChI is InChI=1S/C17H20FN/c1-4-19-17(15-8-6-5-7-12(15)2)14-9-10-16(18)13(3)11-14/h5-11,17,19H,4H2,1-3H3. The molecule has 0 aliphatic heterocycles. The lowest BCUT2D eigenvalue weighted by Crippen LogP contribution is -2.22. The molecule has 1 nitrogen and oxygen atoms in total. The van der Waals surface area contributed by atoms with Crippen LogP contribution in [0.1, 0.15) is 35.2 Å². The van der Waals surface area contributed by atoms with Gasteiger partial charge in [0.2, 0.25) is 0 Å². The summed E-state index contributed by atoms with van der Waals surface area (Å²) in [7, 11) is 0. The lowest BCUT2D eigenvalue weighted by molar-refractivity contribution is 0.605. The lowest BCUT2D eigenvalue weighted by atomic mass is 9.94. The van der Waals surface area contributed by atoms with E-state index < -0.39 is 0 Å². The summed E-state index contributed by atoms with van der Waals surface area (Å²) in [5.41, 5.74) is 4.29. The maximum Gasteiger partial charge on any atom is 0.126 e. The van der Waals surface area contributed by atoms with Gasteiger partial charge in [-0.15, -0.1) is 0 Å². The second-order valence-corrected chi connectivity index (χ2v) is 4.86. The summed E-state index contributed by atoms with van der Waals surface area (Å²) in [6, 6.07) is 13.8. The molecule has 0 amide bonds. The third kappa shape index (κ3) is 3.02. The number of hydrogen-bond donors (Lipinski definition) is 1. The molecular weight excluding hydrogens is 237 g/mol. The Labute approximate surface area is 114 Å². The molecule has 0 aromatic heterocycles. The van der Waals surface area contributed by atoms with E-state index in [0.29, 0.717) is 5.56 Å². The van der Waals surface area contributed by atoms with Crippen LogP contribution in [0.3, 0.4) is 0 Å². The Morgan fingerprint density at radius 3 is 2.42 bits per heavy atom. The zero-order valence-electron chi connectivity index (χ0n) is 11.7. The zero-order valence-corrected chi connectivity index (χ0v) is 11.7. The van der Waals surface area contributed by atoms with Gasteiger partial charge >= 0.3 is 0 Å². The van der Waals surface area contributed by atoms with Crippen molar-refractivity contribution in [2.24, 2.45) is 0 Å². The largest absolute Gasteiger partial charge is 0.307 e. The predicted octanol–water partition coefficient (Wildman–Crippen LogP) is 4.14.